The summed E-state index contributed by atoms with van der Waals surface area (Å²) in [5, 5.41) is 3.75. The SMILES string of the molecule is C=C(NC(CC)CCN(C)Cc1ccc(OCCN(CCC)CCC)cc1)c1cc(OC)ccc1C(CC1=CC=C(OC)C=CC1)=NC.CC. The predicted molar refractivity (Wildman–Crippen MR) is 215 cm³/mol. The number of hydrogen-bond donors (Lipinski definition) is 1. The third-order valence-electron chi connectivity index (χ3n) is 8.77. The molecule has 0 saturated heterocycles. The first-order valence-corrected chi connectivity index (χ1v) is 18.7. The highest BCUT2D eigenvalue weighted by Crippen LogP contribution is 2.27. The monoisotopic (exact) mass is 687 g/mol. The Labute approximate surface area is 304 Å². The van der Waals surface area contributed by atoms with Crippen LogP contribution in [0.2, 0.25) is 0 Å². The van der Waals surface area contributed by atoms with Gasteiger partial charge in [0, 0.05) is 61.7 Å². The summed E-state index contributed by atoms with van der Waals surface area (Å²) in [7, 11) is 7.45. The first kappa shape index (κ1) is 42.4. The molecule has 1 aliphatic carbocycles. The number of nitrogens with zero attached hydrogens (tertiary/aromatic N) is 3. The van der Waals surface area contributed by atoms with Crippen molar-refractivity contribution in [3.05, 3.63) is 101 Å². The average Bonchev–Trinajstić information content (AvgIpc) is 3.38. The van der Waals surface area contributed by atoms with Crippen LogP contribution < -0.4 is 14.8 Å². The number of hydrogen-bond acceptors (Lipinski definition) is 7. The largest absolute Gasteiger partial charge is 0.497 e. The number of methoxy groups -OCH3 is 2. The number of rotatable bonds is 22. The molecule has 1 atom stereocenters. The summed E-state index contributed by atoms with van der Waals surface area (Å²) < 4.78 is 17.1. The molecule has 2 aromatic carbocycles. The lowest BCUT2D eigenvalue weighted by Gasteiger charge is -2.25. The minimum Gasteiger partial charge on any atom is -0.497 e. The second-order valence-corrected chi connectivity index (χ2v) is 12.6. The molecule has 0 amide bonds. The molecule has 0 saturated carbocycles. The summed E-state index contributed by atoms with van der Waals surface area (Å²) in [6.07, 6.45) is 14.3. The average molecular weight is 687 g/mol. The Morgan fingerprint density at radius 2 is 1.60 bits per heavy atom. The zero-order chi connectivity index (χ0) is 36.7. The topological polar surface area (TPSA) is 58.6 Å². The van der Waals surface area contributed by atoms with Crippen LogP contribution in [-0.4, -0.2) is 82.7 Å². The zero-order valence-electron chi connectivity index (χ0n) is 32.7. The number of ether oxygens (including phenoxy) is 3. The molecule has 0 spiro atoms. The number of allylic oxidation sites excluding steroid dienone is 5. The summed E-state index contributed by atoms with van der Waals surface area (Å²) in [6, 6.07) is 15.0. The maximum Gasteiger partial charge on any atom is 0.119 e. The molecule has 0 heterocycles. The van der Waals surface area contributed by atoms with E-state index in [0.717, 1.165) is 105 Å². The first-order valence-electron chi connectivity index (χ1n) is 18.7. The molecule has 0 aliphatic heterocycles. The van der Waals surface area contributed by atoms with Crippen LogP contribution >= 0.6 is 0 Å². The van der Waals surface area contributed by atoms with Crippen LogP contribution in [0.15, 0.2) is 89.7 Å². The molecule has 50 heavy (non-hydrogen) atoms. The molecule has 7 nitrogen and oxygen atoms in total. The third kappa shape index (κ3) is 14.6. The second kappa shape index (κ2) is 24.4. The van der Waals surface area contributed by atoms with Gasteiger partial charge in [0.2, 0.25) is 0 Å². The fraction of sp³-hybridized carbons (Fsp3) is 0.512. The molecule has 0 aromatic heterocycles. The van der Waals surface area contributed by atoms with Crippen molar-refractivity contribution < 1.29 is 14.2 Å². The van der Waals surface area contributed by atoms with Crippen LogP contribution in [0.1, 0.15) is 89.8 Å². The van der Waals surface area contributed by atoms with E-state index in [9.17, 15) is 0 Å². The second-order valence-electron chi connectivity index (χ2n) is 12.6. The van der Waals surface area contributed by atoms with E-state index in [4.69, 9.17) is 19.2 Å². The van der Waals surface area contributed by atoms with E-state index in [2.05, 4.69) is 98.1 Å². The van der Waals surface area contributed by atoms with Crippen LogP contribution in [0.4, 0.5) is 0 Å². The highest BCUT2D eigenvalue weighted by atomic mass is 16.5. The molecular formula is C43H66N4O3. The van der Waals surface area contributed by atoms with Gasteiger partial charge in [-0.2, -0.15) is 0 Å². The number of aliphatic imine (C=N–C) groups is 1. The Morgan fingerprint density at radius 3 is 2.22 bits per heavy atom. The molecule has 1 unspecified atom stereocenters. The van der Waals surface area contributed by atoms with E-state index in [-0.39, 0.29) is 6.04 Å². The highest BCUT2D eigenvalue weighted by Gasteiger charge is 2.17. The van der Waals surface area contributed by atoms with Gasteiger partial charge in [0.25, 0.3) is 0 Å². The Kier molecular flexibility index (Phi) is 20.6. The summed E-state index contributed by atoms with van der Waals surface area (Å²) >= 11 is 0. The minimum atomic E-state index is 0.282. The molecule has 0 radical (unpaired) electrons. The van der Waals surface area contributed by atoms with Gasteiger partial charge in [-0.05, 0) is 100 Å². The van der Waals surface area contributed by atoms with Crippen molar-refractivity contribution >= 4 is 11.4 Å². The lowest BCUT2D eigenvalue weighted by Crippen LogP contribution is -2.32. The normalized spacial score (nSPS) is 13.5. The summed E-state index contributed by atoms with van der Waals surface area (Å²) in [6.45, 7) is 21.0. The van der Waals surface area contributed by atoms with Gasteiger partial charge in [-0.15, -0.1) is 0 Å². The van der Waals surface area contributed by atoms with Gasteiger partial charge < -0.3 is 24.4 Å². The summed E-state index contributed by atoms with van der Waals surface area (Å²) in [5.41, 5.74) is 6.55. The molecular weight excluding hydrogens is 620 g/mol. The van der Waals surface area contributed by atoms with E-state index >= 15 is 0 Å². The van der Waals surface area contributed by atoms with E-state index in [1.54, 1.807) is 14.2 Å². The first-order chi connectivity index (χ1) is 24.3. The van der Waals surface area contributed by atoms with E-state index in [1.165, 1.54) is 24.0 Å². The van der Waals surface area contributed by atoms with Crippen LogP contribution in [0.5, 0.6) is 11.5 Å². The fourth-order valence-corrected chi connectivity index (χ4v) is 6.00. The van der Waals surface area contributed by atoms with Gasteiger partial charge in [0.1, 0.15) is 23.9 Å². The predicted octanol–water partition coefficient (Wildman–Crippen LogP) is 9.31. The van der Waals surface area contributed by atoms with E-state index < -0.39 is 0 Å². The molecule has 2 aromatic rings. The Morgan fingerprint density at radius 1 is 0.900 bits per heavy atom. The van der Waals surface area contributed by atoms with Crippen LogP contribution in [-0.2, 0) is 11.3 Å². The number of benzene rings is 2. The maximum absolute atomic E-state index is 6.05. The van der Waals surface area contributed by atoms with Crippen LogP contribution in [0, 0.1) is 0 Å². The molecule has 0 fully saturated rings. The minimum absolute atomic E-state index is 0.282. The lowest BCUT2D eigenvalue weighted by atomic mass is 9.94. The van der Waals surface area contributed by atoms with Crippen molar-refractivity contribution in [3.8, 4) is 11.5 Å². The molecule has 7 heteroatoms. The van der Waals surface area contributed by atoms with Gasteiger partial charge in [-0.25, -0.2) is 0 Å². The molecule has 3 rings (SSSR count). The van der Waals surface area contributed by atoms with Gasteiger partial charge in [-0.3, -0.25) is 9.89 Å². The fourth-order valence-electron chi connectivity index (χ4n) is 6.00. The van der Waals surface area contributed by atoms with Crippen molar-refractivity contribution in [2.75, 3.05) is 61.1 Å². The van der Waals surface area contributed by atoms with E-state index in [0.29, 0.717) is 0 Å². The van der Waals surface area contributed by atoms with Crippen molar-refractivity contribution in [3.63, 3.8) is 0 Å². The maximum atomic E-state index is 6.05. The van der Waals surface area contributed by atoms with Crippen LogP contribution in [0.3, 0.4) is 0 Å². The van der Waals surface area contributed by atoms with Crippen molar-refractivity contribution in [1.82, 2.24) is 15.1 Å². The van der Waals surface area contributed by atoms with Gasteiger partial charge in [0.05, 0.1) is 14.2 Å². The van der Waals surface area contributed by atoms with Crippen LogP contribution in [0.25, 0.3) is 5.70 Å². The molecule has 276 valence electrons. The molecule has 1 N–H and O–H groups in total. The Bertz CT molecular complexity index is 1390. The van der Waals surface area contributed by atoms with Crippen molar-refractivity contribution in [2.24, 2.45) is 4.99 Å². The smallest absolute Gasteiger partial charge is 0.119 e. The summed E-state index contributed by atoms with van der Waals surface area (Å²) in [4.78, 5) is 9.60. The highest BCUT2D eigenvalue weighted by molar-refractivity contribution is 6.05. The standard InChI is InChI=1S/C41H60N4O3.C2H6/c1-9-24-45(25-10-2)27-28-48-37-19-16-34(17-20-37)31-44(6)26-23-35(11-3)43-32(4)40-30-38(47-8)21-22-39(40)41(42-5)29-33-13-12-14-36(46-7)18-15-33;1-2/h12,14-22,30,35,43H,4,9-11,13,23-29,31H2,1-3,5-8H3;1-2H3. The summed E-state index contributed by atoms with van der Waals surface area (Å²) in [5.74, 6) is 2.60. The van der Waals surface area contributed by atoms with Crippen molar-refractivity contribution in [1.29, 1.82) is 0 Å². The van der Waals surface area contributed by atoms with Crippen molar-refractivity contribution in [2.45, 2.75) is 85.7 Å². The van der Waals surface area contributed by atoms with Gasteiger partial charge in [0.15, 0.2) is 0 Å². The Hall–Kier alpha value is -3.81. The van der Waals surface area contributed by atoms with Gasteiger partial charge >= 0.3 is 0 Å². The van der Waals surface area contributed by atoms with Gasteiger partial charge in [-0.1, -0.05) is 71.1 Å². The molecule has 0 bridgehead atoms. The van der Waals surface area contributed by atoms with E-state index in [1.807, 2.05) is 39.1 Å². The number of nitrogens with one attached hydrogen (secondary N) is 1. The lowest BCUT2D eigenvalue weighted by molar-refractivity contribution is 0.209. The zero-order valence-corrected chi connectivity index (χ0v) is 32.7. The Balaban J connectivity index is 0.00000425. The third-order valence-corrected chi connectivity index (χ3v) is 8.77. The molecule has 1 aliphatic rings. The quantitative estimate of drug-likeness (QED) is 0.125.